The third-order valence-electron chi connectivity index (χ3n) is 9.21. The third kappa shape index (κ3) is 3.11. The molecule has 0 aromatic heterocycles. The number of likely N-dealkylation sites (N-methyl/N-ethyl adjacent to an activating group) is 1. The van der Waals surface area contributed by atoms with Crippen LogP contribution in [0.1, 0.15) is 36.0 Å². The minimum Gasteiger partial charge on any atom is -0.493 e. The highest BCUT2D eigenvalue weighted by Gasteiger charge is 2.73. The van der Waals surface area contributed by atoms with Crippen LogP contribution in [-0.2, 0) is 27.6 Å². The zero-order chi connectivity index (χ0) is 25.3. The minimum absolute atomic E-state index is 0.0674. The quantitative estimate of drug-likeness (QED) is 0.577. The molecule has 4 aliphatic rings. The molecule has 7 nitrogen and oxygen atoms in total. The van der Waals surface area contributed by atoms with Crippen molar-refractivity contribution in [3.05, 3.63) is 71.8 Å². The van der Waals surface area contributed by atoms with Crippen molar-refractivity contribution in [3.63, 3.8) is 0 Å². The lowest BCUT2D eigenvalue weighted by atomic mass is 9.48. The van der Waals surface area contributed by atoms with Gasteiger partial charge in [-0.05, 0) is 49.4 Å². The first-order valence-corrected chi connectivity index (χ1v) is 14.3. The van der Waals surface area contributed by atoms with Gasteiger partial charge < -0.3 is 14.6 Å². The van der Waals surface area contributed by atoms with E-state index in [2.05, 4.69) is 17.5 Å². The van der Waals surface area contributed by atoms with Crippen LogP contribution >= 0.6 is 0 Å². The number of sulfonamides is 1. The van der Waals surface area contributed by atoms with E-state index < -0.39 is 33.2 Å². The first-order chi connectivity index (χ1) is 17.3. The summed E-state index contributed by atoms with van der Waals surface area (Å²) in [6, 6.07) is 12.8. The van der Waals surface area contributed by atoms with Crippen LogP contribution in [0, 0.1) is 0 Å². The number of likely N-dealkylation sites (tertiary alicyclic amines) is 1. The molecule has 2 aromatic rings. The highest BCUT2D eigenvalue weighted by molar-refractivity contribution is 7.88. The summed E-state index contributed by atoms with van der Waals surface area (Å²) in [7, 11) is -0.324. The fourth-order valence-electron chi connectivity index (χ4n) is 7.60. The van der Waals surface area contributed by atoms with E-state index in [-0.39, 0.29) is 11.8 Å². The molecule has 1 saturated carbocycles. The van der Waals surface area contributed by atoms with Crippen molar-refractivity contribution < 1.29 is 23.0 Å². The maximum Gasteiger partial charge on any atom is 0.218 e. The van der Waals surface area contributed by atoms with Crippen molar-refractivity contribution in [2.45, 2.75) is 60.6 Å². The summed E-state index contributed by atoms with van der Waals surface area (Å²) in [5, 5.41) is 12.5. The number of ether oxygens (including phenoxy) is 2. The van der Waals surface area contributed by atoms with E-state index in [0.29, 0.717) is 37.3 Å². The van der Waals surface area contributed by atoms with E-state index in [1.807, 2.05) is 42.5 Å². The molecule has 2 aliphatic heterocycles. The lowest BCUT2D eigenvalue weighted by molar-refractivity contribution is -0.193. The molecule has 5 atom stereocenters. The molecule has 1 N–H and O–H groups in total. The molecule has 1 spiro atoms. The second-order valence-corrected chi connectivity index (χ2v) is 12.7. The van der Waals surface area contributed by atoms with Crippen molar-refractivity contribution in [2.75, 3.05) is 27.2 Å². The van der Waals surface area contributed by atoms with Gasteiger partial charge in [0.25, 0.3) is 0 Å². The Morgan fingerprint density at radius 1 is 1.25 bits per heavy atom. The second kappa shape index (κ2) is 8.31. The van der Waals surface area contributed by atoms with Crippen molar-refractivity contribution in [1.82, 2.24) is 9.21 Å². The molecule has 2 bridgehead atoms. The lowest BCUT2D eigenvalue weighted by Gasteiger charge is -2.64. The summed E-state index contributed by atoms with van der Waals surface area (Å²) in [5.74, 6) is 1.25. The van der Waals surface area contributed by atoms with E-state index in [4.69, 9.17) is 9.47 Å². The van der Waals surface area contributed by atoms with E-state index in [1.165, 1.54) is 4.31 Å². The number of hydrogen-bond acceptors (Lipinski definition) is 6. The molecule has 0 amide bonds. The molecule has 2 heterocycles. The van der Waals surface area contributed by atoms with Gasteiger partial charge in [0.15, 0.2) is 11.5 Å². The van der Waals surface area contributed by atoms with Crippen LogP contribution in [0.2, 0.25) is 0 Å². The number of benzene rings is 2. The zero-order valence-electron chi connectivity index (χ0n) is 20.9. The number of aliphatic hydroxyl groups is 1. The average Bonchev–Trinajstić information content (AvgIpc) is 3.21. The largest absolute Gasteiger partial charge is 0.493 e. The van der Waals surface area contributed by atoms with Gasteiger partial charge in [-0.25, -0.2) is 8.42 Å². The Kier molecular flexibility index (Phi) is 5.54. The third-order valence-corrected chi connectivity index (χ3v) is 11.1. The van der Waals surface area contributed by atoms with Gasteiger partial charge in [-0.1, -0.05) is 42.5 Å². The van der Waals surface area contributed by atoms with Gasteiger partial charge in [-0.15, -0.1) is 6.58 Å². The van der Waals surface area contributed by atoms with Crippen LogP contribution in [-0.4, -0.2) is 73.8 Å². The standard InChI is InChI=1S/C28H34N2O5S/c1-4-15-30-16-14-27-24-20-10-11-22(34-3)25(24)35-26(27)21(12-13-28(27,31)23(30)17-20)29(2)36(32,33)18-19-8-6-5-7-9-19/h4-11,21,23,26,31H,1,12-18H2,2-3H3/t21-,23-,26+,27+,28-/m1/s1. The van der Waals surface area contributed by atoms with Gasteiger partial charge in [-0.2, -0.15) is 4.31 Å². The van der Waals surface area contributed by atoms with Crippen molar-refractivity contribution in [1.29, 1.82) is 0 Å². The van der Waals surface area contributed by atoms with Gasteiger partial charge in [0.2, 0.25) is 10.0 Å². The SMILES string of the molecule is C=CCN1CC[C@]23c4c5ccc(OC)c4O[C@H]2[C@H](N(C)S(=O)(=O)Cc2ccccc2)CC[C@@]3(O)[C@H]1C5. The molecule has 6 rings (SSSR count). The van der Waals surface area contributed by atoms with Gasteiger partial charge in [0.05, 0.1) is 29.9 Å². The summed E-state index contributed by atoms with van der Waals surface area (Å²) in [6.07, 6.45) is 3.85. The lowest BCUT2D eigenvalue weighted by Crippen LogP contribution is -2.78. The number of methoxy groups -OCH3 is 1. The van der Waals surface area contributed by atoms with Crippen molar-refractivity contribution in [3.8, 4) is 11.5 Å². The highest BCUT2D eigenvalue weighted by atomic mass is 32.2. The van der Waals surface area contributed by atoms with E-state index in [1.54, 1.807) is 14.2 Å². The zero-order valence-corrected chi connectivity index (χ0v) is 21.7. The molecule has 0 unspecified atom stereocenters. The number of piperidine rings is 1. The monoisotopic (exact) mass is 510 g/mol. The first-order valence-electron chi connectivity index (χ1n) is 12.7. The molecule has 36 heavy (non-hydrogen) atoms. The maximum absolute atomic E-state index is 13.6. The molecular weight excluding hydrogens is 476 g/mol. The number of hydrogen-bond donors (Lipinski definition) is 1. The van der Waals surface area contributed by atoms with Gasteiger partial charge in [0.1, 0.15) is 6.10 Å². The van der Waals surface area contributed by atoms with Gasteiger partial charge in [0, 0.05) is 25.2 Å². The maximum atomic E-state index is 13.6. The van der Waals surface area contributed by atoms with Crippen LogP contribution in [0.5, 0.6) is 11.5 Å². The highest BCUT2D eigenvalue weighted by Crippen LogP contribution is 2.66. The summed E-state index contributed by atoms with van der Waals surface area (Å²) >= 11 is 0. The fourth-order valence-corrected chi connectivity index (χ4v) is 9.05. The fraction of sp³-hybridized carbons (Fsp3) is 0.500. The molecule has 1 saturated heterocycles. The molecule has 8 heteroatoms. The molecular formula is C28H34N2O5S. The average molecular weight is 511 g/mol. The van der Waals surface area contributed by atoms with E-state index in [0.717, 1.165) is 29.7 Å². The molecule has 0 radical (unpaired) electrons. The predicted molar refractivity (Wildman–Crippen MR) is 138 cm³/mol. The van der Waals surface area contributed by atoms with Crippen LogP contribution < -0.4 is 9.47 Å². The first kappa shape index (κ1) is 24.0. The molecule has 2 aromatic carbocycles. The second-order valence-electron chi connectivity index (χ2n) is 10.7. The predicted octanol–water partition coefficient (Wildman–Crippen LogP) is 2.87. The smallest absolute Gasteiger partial charge is 0.218 e. The Morgan fingerprint density at radius 3 is 2.75 bits per heavy atom. The summed E-state index contributed by atoms with van der Waals surface area (Å²) < 4.78 is 41.1. The minimum atomic E-state index is -3.62. The topological polar surface area (TPSA) is 79.3 Å². The van der Waals surface area contributed by atoms with Crippen LogP contribution in [0.3, 0.4) is 0 Å². The Morgan fingerprint density at radius 2 is 2.03 bits per heavy atom. The van der Waals surface area contributed by atoms with E-state index >= 15 is 0 Å². The Hall–Kier alpha value is -2.39. The Balaban J connectivity index is 1.45. The van der Waals surface area contributed by atoms with Crippen molar-refractivity contribution in [2.24, 2.45) is 0 Å². The molecule has 192 valence electrons. The van der Waals surface area contributed by atoms with Crippen LogP contribution in [0.4, 0.5) is 0 Å². The molecule has 2 fully saturated rings. The van der Waals surface area contributed by atoms with Gasteiger partial charge in [-0.3, -0.25) is 4.90 Å². The Labute approximate surface area is 213 Å². The van der Waals surface area contributed by atoms with E-state index in [9.17, 15) is 13.5 Å². The van der Waals surface area contributed by atoms with Crippen LogP contribution in [0.15, 0.2) is 55.1 Å². The van der Waals surface area contributed by atoms with Crippen LogP contribution in [0.25, 0.3) is 0 Å². The number of nitrogens with zero attached hydrogens (tertiary/aromatic N) is 2. The summed E-state index contributed by atoms with van der Waals surface area (Å²) in [6.45, 7) is 5.44. The number of rotatable bonds is 7. The summed E-state index contributed by atoms with van der Waals surface area (Å²) in [5.41, 5.74) is 1.23. The normalized spacial score (nSPS) is 32.6. The summed E-state index contributed by atoms with van der Waals surface area (Å²) in [4.78, 5) is 2.33. The van der Waals surface area contributed by atoms with Gasteiger partial charge >= 0.3 is 0 Å². The van der Waals surface area contributed by atoms with Crippen molar-refractivity contribution >= 4 is 10.0 Å². The molecule has 2 aliphatic carbocycles. The Bertz CT molecular complexity index is 1300.